The third kappa shape index (κ3) is 1.86. The molecule has 2 heterocycles. The van der Waals surface area contributed by atoms with Gasteiger partial charge in [-0.1, -0.05) is 29.4 Å². The lowest BCUT2D eigenvalue weighted by Gasteiger charge is -2.40. The van der Waals surface area contributed by atoms with Crippen molar-refractivity contribution in [3.8, 4) is 0 Å². The fourth-order valence-electron chi connectivity index (χ4n) is 3.71. The van der Waals surface area contributed by atoms with Crippen LogP contribution in [0.1, 0.15) is 27.4 Å². The Morgan fingerprint density at radius 3 is 2.73 bits per heavy atom. The molecule has 0 amide bonds. The topological polar surface area (TPSA) is 58.4 Å². The first-order chi connectivity index (χ1) is 10.7. The highest BCUT2D eigenvalue weighted by Crippen LogP contribution is 2.42. The molecule has 2 aromatic rings. The first-order valence-corrected chi connectivity index (χ1v) is 7.74. The zero-order chi connectivity index (χ0) is 15.2. The van der Waals surface area contributed by atoms with Gasteiger partial charge in [0.05, 0.1) is 0 Å². The van der Waals surface area contributed by atoms with E-state index in [0.29, 0.717) is 6.42 Å². The lowest BCUT2D eigenvalue weighted by Crippen LogP contribution is -2.57. The van der Waals surface area contributed by atoms with Crippen molar-refractivity contribution in [2.75, 3.05) is 26.2 Å². The molecule has 2 aliphatic rings. The van der Waals surface area contributed by atoms with Gasteiger partial charge in [0.1, 0.15) is 17.0 Å². The zero-order valence-electron chi connectivity index (χ0n) is 12.6. The molecule has 5 heteroatoms. The van der Waals surface area contributed by atoms with Gasteiger partial charge < -0.3 is 9.84 Å². The van der Waals surface area contributed by atoms with Gasteiger partial charge in [-0.05, 0) is 12.5 Å². The molecule has 0 radical (unpaired) electrons. The first kappa shape index (κ1) is 13.7. The Morgan fingerprint density at radius 2 is 2.05 bits per heavy atom. The molecule has 114 valence electrons. The van der Waals surface area contributed by atoms with Crippen molar-refractivity contribution >= 4 is 5.78 Å². The van der Waals surface area contributed by atoms with Crippen LogP contribution in [0.2, 0.25) is 0 Å². The van der Waals surface area contributed by atoms with Gasteiger partial charge in [0.2, 0.25) is 0 Å². The molecule has 0 spiro atoms. The van der Waals surface area contributed by atoms with E-state index in [1.165, 1.54) is 0 Å². The van der Waals surface area contributed by atoms with Crippen LogP contribution >= 0.6 is 0 Å². The fourth-order valence-corrected chi connectivity index (χ4v) is 3.71. The SMILES string of the molecule is Cc1cc(C2(N3CCNCC3)Cc3ccccc3C2=O)no1. The number of ketones is 1. The molecule has 1 aromatic carbocycles. The minimum absolute atomic E-state index is 0.151. The number of aromatic nitrogens is 1. The van der Waals surface area contributed by atoms with Gasteiger partial charge >= 0.3 is 0 Å². The van der Waals surface area contributed by atoms with Crippen LogP contribution in [0.15, 0.2) is 34.9 Å². The predicted octanol–water partition coefficient (Wildman–Crippen LogP) is 1.52. The van der Waals surface area contributed by atoms with Crippen molar-refractivity contribution in [1.82, 2.24) is 15.4 Å². The van der Waals surface area contributed by atoms with E-state index in [2.05, 4.69) is 15.4 Å². The molecule has 1 fully saturated rings. The smallest absolute Gasteiger partial charge is 0.189 e. The highest BCUT2D eigenvalue weighted by molar-refractivity contribution is 6.07. The molecule has 1 N–H and O–H groups in total. The van der Waals surface area contributed by atoms with E-state index in [9.17, 15) is 4.79 Å². The maximum absolute atomic E-state index is 13.3. The van der Waals surface area contributed by atoms with Gasteiger partial charge in [0, 0.05) is 44.2 Å². The molecule has 1 unspecified atom stereocenters. The van der Waals surface area contributed by atoms with Crippen molar-refractivity contribution < 1.29 is 9.32 Å². The number of benzene rings is 1. The zero-order valence-corrected chi connectivity index (χ0v) is 12.6. The summed E-state index contributed by atoms with van der Waals surface area (Å²) in [6.07, 6.45) is 0.675. The summed E-state index contributed by atoms with van der Waals surface area (Å²) in [4.78, 5) is 15.6. The summed E-state index contributed by atoms with van der Waals surface area (Å²) in [5, 5.41) is 7.57. The number of carbonyl (C=O) groups is 1. The van der Waals surface area contributed by atoms with E-state index < -0.39 is 5.54 Å². The maximum Gasteiger partial charge on any atom is 0.189 e. The third-order valence-corrected chi connectivity index (χ3v) is 4.79. The Balaban J connectivity index is 1.86. The second kappa shape index (κ2) is 5.04. The number of rotatable bonds is 2. The summed E-state index contributed by atoms with van der Waals surface area (Å²) in [7, 11) is 0. The number of aryl methyl sites for hydroxylation is 1. The Labute approximate surface area is 129 Å². The number of hydrogen-bond donors (Lipinski definition) is 1. The number of carbonyl (C=O) groups excluding carboxylic acids is 1. The van der Waals surface area contributed by atoms with E-state index in [4.69, 9.17) is 4.52 Å². The van der Waals surface area contributed by atoms with Crippen LogP contribution in [-0.4, -0.2) is 42.0 Å². The number of nitrogens with one attached hydrogen (secondary N) is 1. The Bertz CT molecular complexity index is 718. The van der Waals surface area contributed by atoms with E-state index in [1.54, 1.807) is 0 Å². The van der Waals surface area contributed by atoms with Crippen molar-refractivity contribution in [1.29, 1.82) is 0 Å². The summed E-state index contributed by atoms with van der Waals surface area (Å²) >= 11 is 0. The van der Waals surface area contributed by atoms with E-state index in [0.717, 1.165) is 48.8 Å². The predicted molar refractivity (Wildman–Crippen MR) is 81.8 cm³/mol. The molecule has 1 aliphatic carbocycles. The van der Waals surface area contributed by atoms with E-state index in [1.807, 2.05) is 37.3 Å². The van der Waals surface area contributed by atoms with E-state index >= 15 is 0 Å². The van der Waals surface area contributed by atoms with Crippen LogP contribution < -0.4 is 5.32 Å². The summed E-state index contributed by atoms with van der Waals surface area (Å²) in [5.41, 5.74) is 1.96. The quantitative estimate of drug-likeness (QED) is 0.911. The highest BCUT2D eigenvalue weighted by Gasteiger charge is 2.53. The lowest BCUT2D eigenvalue weighted by molar-refractivity contribution is 0.0487. The summed E-state index contributed by atoms with van der Waals surface area (Å²) < 4.78 is 5.30. The minimum Gasteiger partial charge on any atom is -0.361 e. The van der Waals surface area contributed by atoms with Crippen LogP contribution in [0.25, 0.3) is 0 Å². The average molecular weight is 297 g/mol. The Morgan fingerprint density at radius 1 is 1.27 bits per heavy atom. The van der Waals surface area contributed by atoms with Crippen LogP contribution in [-0.2, 0) is 12.0 Å². The monoisotopic (exact) mass is 297 g/mol. The second-order valence-electron chi connectivity index (χ2n) is 6.08. The minimum atomic E-state index is -0.705. The van der Waals surface area contributed by atoms with Gasteiger partial charge in [-0.3, -0.25) is 9.69 Å². The van der Waals surface area contributed by atoms with Crippen LogP contribution in [0.5, 0.6) is 0 Å². The molecule has 0 bridgehead atoms. The molecule has 1 atom stereocenters. The van der Waals surface area contributed by atoms with Gasteiger partial charge in [-0.15, -0.1) is 0 Å². The van der Waals surface area contributed by atoms with Gasteiger partial charge in [-0.2, -0.15) is 0 Å². The van der Waals surface area contributed by atoms with Crippen LogP contribution in [0.4, 0.5) is 0 Å². The molecule has 5 nitrogen and oxygen atoms in total. The average Bonchev–Trinajstić information content (AvgIpc) is 3.11. The number of fused-ring (bicyclic) bond motifs is 1. The standard InChI is InChI=1S/C17H19N3O2/c1-12-10-15(19-22-12)17(20-8-6-18-7-9-20)11-13-4-2-3-5-14(13)16(17)21/h2-5,10,18H,6-9,11H2,1H3. The van der Waals surface area contributed by atoms with E-state index in [-0.39, 0.29) is 5.78 Å². The van der Waals surface area contributed by atoms with Crippen molar-refractivity contribution in [2.24, 2.45) is 0 Å². The summed E-state index contributed by atoms with van der Waals surface area (Å²) in [6, 6.07) is 9.80. The van der Waals surface area contributed by atoms with Crippen molar-refractivity contribution in [3.63, 3.8) is 0 Å². The Hall–Kier alpha value is -1.98. The molecule has 1 aromatic heterocycles. The molecule has 1 aliphatic heterocycles. The van der Waals surface area contributed by atoms with Gasteiger partial charge in [0.15, 0.2) is 5.78 Å². The van der Waals surface area contributed by atoms with Crippen molar-refractivity contribution in [2.45, 2.75) is 18.9 Å². The maximum atomic E-state index is 13.3. The third-order valence-electron chi connectivity index (χ3n) is 4.79. The first-order valence-electron chi connectivity index (χ1n) is 7.74. The number of Topliss-reactive ketones (excluding diaryl/α,β-unsaturated/α-hetero) is 1. The van der Waals surface area contributed by atoms with Crippen molar-refractivity contribution in [3.05, 3.63) is 52.9 Å². The molecule has 4 rings (SSSR count). The molecular formula is C17H19N3O2. The Kier molecular flexibility index (Phi) is 3.13. The summed E-state index contributed by atoms with van der Waals surface area (Å²) in [5.74, 6) is 0.895. The molecule has 22 heavy (non-hydrogen) atoms. The van der Waals surface area contributed by atoms with Crippen LogP contribution in [0.3, 0.4) is 0 Å². The molecular weight excluding hydrogens is 278 g/mol. The number of nitrogens with zero attached hydrogens (tertiary/aromatic N) is 2. The number of hydrogen-bond acceptors (Lipinski definition) is 5. The highest BCUT2D eigenvalue weighted by atomic mass is 16.5. The number of piperazine rings is 1. The van der Waals surface area contributed by atoms with Crippen LogP contribution in [0, 0.1) is 6.92 Å². The fraction of sp³-hybridized carbons (Fsp3) is 0.412. The van der Waals surface area contributed by atoms with Gasteiger partial charge in [-0.25, -0.2) is 0 Å². The lowest BCUT2D eigenvalue weighted by atomic mass is 9.87. The second-order valence-corrected chi connectivity index (χ2v) is 6.08. The van der Waals surface area contributed by atoms with Gasteiger partial charge in [0.25, 0.3) is 0 Å². The normalized spacial score (nSPS) is 25.4. The molecule has 1 saturated heterocycles. The largest absolute Gasteiger partial charge is 0.361 e. The molecule has 0 saturated carbocycles. The summed E-state index contributed by atoms with van der Waals surface area (Å²) in [6.45, 7) is 5.33.